The lowest BCUT2D eigenvalue weighted by Gasteiger charge is -2.33. The number of piperidine rings is 1. The summed E-state index contributed by atoms with van der Waals surface area (Å²) >= 11 is 1.65. The van der Waals surface area contributed by atoms with Crippen LogP contribution in [0.25, 0.3) is 11.3 Å². The van der Waals surface area contributed by atoms with Crippen LogP contribution in [-0.2, 0) is 11.2 Å². The molecule has 1 N–H and O–H groups in total. The Morgan fingerprint density at radius 2 is 1.89 bits per heavy atom. The molecule has 1 fully saturated rings. The topological polar surface area (TPSA) is 65.5 Å². The number of likely N-dealkylation sites (tertiary alicyclic amines) is 1. The summed E-state index contributed by atoms with van der Waals surface area (Å²) in [6.45, 7) is 3.93. The van der Waals surface area contributed by atoms with E-state index in [2.05, 4.69) is 39.9 Å². The first kappa shape index (κ1) is 20.3. The van der Waals surface area contributed by atoms with Crippen LogP contribution in [0.3, 0.4) is 0 Å². The SMILES string of the molecule is Cc1nc(-c2ccc(CCNC(=O)C3CCN(C(=O)N(C)C)CC3)cc2)cs1. The second-order valence-electron chi connectivity index (χ2n) is 7.43. The maximum atomic E-state index is 12.4. The van der Waals surface area contributed by atoms with E-state index in [9.17, 15) is 9.59 Å². The highest BCUT2D eigenvalue weighted by molar-refractivity contribution is 7.09. The molecule has 0 aliphatic carbocycles. The Balaban J connectivity index is 1.41. The van der Waals surface area contributed by atoms with E-state index in [1.54, 1.807) is 30.3 Å². The molecule has 2 heterocycles. The molecule has 1 saturated heterocycles. The lowest BCUT2D eigenvalue weighted by Crippen LogP contribution is -2.46. The fourth-order valence-corrected chi connectivity index (χ4v) is 4.05. The van der Waals surface area contributed by atoms with Crippen molar-refractivity contribution in [3.05, 3.63) is 40.2 Å². The number of hydrogen-bond donors (Lipinski definition) is 1. The molecule has 0 spiro atoms. The summed E-state index contributed by atoms with van der Waals surface area (Å²) in [7, 11) is 3.51. The van der Waals surface area contributed by atoms with Gasteiger partial charge in [-0.25, -0.2) is 9.78 Å². The highest BCUT2D eigenvalue weighted by Gasteiger charge is 2.27. The van der Waals surface area contributed by atoms with E-state index in [0.717, 1.165) is 35.5 Å². The van der Waals surface area contributed by atoms with Gasteiger partial charge in [-0.2, -0.15) is 0 Å². The molecule has 3 rings (SSSR count). The van der Waals surface area contributed by atoms with E-state index in [0.29, 0.717) is 19.6 Å². The minimum Gasteiger partial charge on any atom is -0.356 e. The summed E-state index contributed by atoms with van der Waals surface area (Å²) < 4.78 is 0. The van der Waals surface area contributed by atoms with Gasteiger partial charge in [0.05, 0.1) is 10.7 Å². The van der Waals surface area contributed by atoms with Crippen molar-refractivity contribution in [2.45, 2.75) is 26.2 Å². The summed E-state index contributed by atoms with van der Waals surface area (Å²) in [5.41, 5.74) is 3.33. The summed E-state index contributed by atoms with van der Waals surface area (Å²) in [5.74, 6) is 0.105. The highest BCUT2D eigenvalue weighted by atomic mass is 32.1. The third-order valence-electron chi connectivity index (χ3n) is 5.10. The fourth-order valence-electron chi connectivity index (χ4n) is 3.43. The first-order valence-corrected chi connectivity index (χ1v) is 10.6. The van der Waals surface area contributed by atoms with Crippen LogP contribution >= 0.6 is 11.3 Å². The van der Waals surface area contributed by atoms with E-state index in [1.165, 1.54) is 5.56 Å². The predicted octanol–water partition coefficient (Wildman–Crippen LogP) is 3.17. The van der Waals surface area contributed by atoms with Crippen LogP contribution in [0.2, 0.25) is 0 Å². The number of nitrogens with one attached hydrogen (secondary N) is 1. The number of carbonyl (C=O) groups excluding carboxylic acids is 2. The van der Waals surface area contributed by atoms with Crippen LogP contribution in [0.1, 0.15) is 23.4 Å². The summed E-state index contributed by atoms with van der Waals surface area (Å²) in [6.07, 6.45) is 2.26. The number of amides is 3. The van der Waals surface area contributed by atoms with E-state index in [-0.39, 0.29) is 17.9 Å². The van der Waals surface area contributed by atoms with Crippen molar-refractivity contribution in [1.82, 2.24) is 20.1 Å². The number of benzene rings is 1. The van der Waals surface area contributed by atoms with Crippen LogP contribution in [0.5, 0.6) is 0 Å². The molecule has 6 nitrogen and oxygen atoms in total. The normalized spacial score (nSPS) is 14.8. The van der Waals surface area contributed by atoms with Crippen molar-refractivity contribution >= 4 is 23.3 Å². The molecule has 0 unspecified atom stereocenters. The standard InChI is InChI=1S/C21H28N4O2S/c1-15-23-19(14-28-15)17-6-4-16(5-7-17)8-11-22-20(26)18-9-12-25(13-10-18)21(27)24(2)3/h4-7,14,18H,8-13H2,1-3H3,(H,22,26). The minimum atomic E-state index is 0.00138. The Kier molecular flexibility index (Phi) is 6.67. The number of nitrogens with zero attached hydrogens (tertiary/aromatic N) is 3. The zero-order valence-electron chi connectivity index (χ0n) is 16.8. The van der Waals surface area contributed by atoms with Gasteiger partial charge in [-0.1, -0.05) is 24.3 Å². The fraction of sp³-hybridized carbons (Fsp3) is 0.476. The van der Waals surface area contributed by atoms with Crippen LogP contribution < -0.4 is 5.32 Å². The molecule has 0 atom stereocenters. The van der Waals surface area contributed by atoms with Crippen LogP contribution in [0, 0.1) is 12.8 Å². The van der Waals surface area contributed by atoms with Gasteiger partial charge in [-0.15, -0.1) is 11.3 Å². The van der Waals surface area contributed by atoms with Gasteiger partial charge in [0.2, 0.25) is 5.91 Å². The summed E-state index contributed by atoms with van der Waals surface area (Å²) in [5, 5.41) is 6.19. The molecule has 1 aromatic carbocycles. The Hall–Kier alpha value is -2.41. The van der Waals surface area contributed by atoms with Crippen LogP contribution in [-0.4, -0.2) is 60.5 Å². The van der Waals surface area contributed by atoms with Gasteiger partial charge in [0.1, 0.15) is 0 Å². The van der Waals surface area contributed by atoms with Crippen molar-refractivity contribution in [3.8, 4) is 11.3 Å². The number of hydrogen-bond acceptors (Lipinski definition) is 4. The van der Waals surface area contributed by atoms with E-state index in [4.69, 9.17) is 0 Å². The first-order valence-electron chi connectivity index (χ1n) is 9.69. The third kappa shape index (κ3) is 5.10. The average molecular weight is 401 g/mol. The van der Waals surface area contributed by atoms with Gasteiger partial charge >= 0.3 is 6.03 Å². The molecule has 0 bridgehead atoms. The van der Waals surface area contributed by atoms with Crippen molar-refractivity contribution < 1.29 is 9.59 Å². The van der Waals surface area contributed by atoms with Gasteiger partial charge in [0.15, 0.2) is 0 Å². The molecule has 0 saturated carbocycles. The zero-order valence-corrected chi connectivity index (χ0v) is 17.6. The minimum absolute atomic E-state index is 0.00138. The smallest absolute Gasteiger partial charge is 0.319 e. The number of thiazole rings is 1. The van der Waals surface area contributed by atoms with E-state index >= 15 is 0 Å². The van der Waals surface area contributed by atoms with Gasteiger partial charge in [0, 0.05) is 50.6 Å². The Bertz CT molecular complexity index is 808. The monoisotopic (exact) mass is 400 g/mol. The largest absolute Gasteiger partial charge is 0.356 e. The van der Waals surface area contributed by atoms with Crippen molar-refractivity contribution in [3.63, 3.8) is 0 Å². The van der Waals surface area contributed by atoms with Crippen LogP contribution in [0.4, 0.5) is 4.79 Å². The van der Waals surface area contributed by atoms with Crippen LogP contribution in [0.15, 0.2) is 29.6 Å². The molecular formula is C21H28N4O2S. The van der Waals surface area contributed by atoms with Gasteiger partial charge in [-0.05, 0) is 31.7 Å². The number of urea groups is 1. The van der Waals surface area contributed by atoms with Crippen molar-refractivity contribution in [2.75, 3.05) is 33.7 Å². The lowest BCUT2D eigenvalue weighted by molar-refractivity contribution is -0.126. The number of rotatable bonds is 5. The molecular weight excluding hydrogens is 372 g/mol. The Morgan fingerprint density at radius 1 is 1.21 bits per heavy atom. The van der Waals surface area contributed by atoms with E-state index in [1.807, 2.05) is 11.8 Å². The highest BCUT2D eigenvalue weighted by Crippen LogP contribution is 2.22. The van der Waals surface area contributed by atoms with Gasteiger partial charge < -0.3 is 15.1 Å². The Labute approximate surface area is 170 Å². The number of carbonyl (C=O) groups is 2. The molecule has 28 heavy (non-hydrogen) atoms. The second kappa shape index (κ2) is 9.19. The van der Waals surface area contributed by atoms with Crippen molar-refractivity contribution in [2.24, 2.45) is 5.92 Å². The molecule has 2 aromatic rings. The zero-order chi connectivity index (χ0) is 20.1. The third-order valence-corrected chi connectivity index (χ3v) is 5.87. The molecule has 1 aliphatic rings. The predicted molar refractivity (Wildman–Crippen MR) is 112 cm³/mol. The number of aromatic nitrogens is 1. The van der Waals surface area contributed by atoms with Gasteiger partial charge in [0.25, 0.3) is 0 Å². The quantitative estimate of drug-likeness (QED) is 0.838. The van der Waals surface area contributed by atoms with E-state index < -0.39 is 0 Å². The second-order valence-corrected chi connectivity index (χ2v) is 8.49. The van der Waals surface area contributed by atoms with Gasteiger partial charge in [-0.3, -0.25) is 4.79 Å². The Morgan fingerprint density at radius 3 is 2.46 bits per heavy atom. The van der Waals surface area contributed by atoms with Crippen molar-refractivity contribution in [1.29, 1.82) is 0 Å². The molecule has 3 amide bonds. The molecule has 7 heteroatoms. The maximum Gasteiger partial charge on any atom is 0.319 e. The lowest BCUT2D eigenvalue weighted by atomic mass is 9.96. The summed E-state index contributed by atoms with van der Waals surface area (Å²) in [6, 6.07) is 8.39. The first-order chi connectivity index (χ1) is 13.4. The molecule has 150 valence electrons. The molecule has 1 aliphatic heterocycles. The molecule has 1 aromatic heterocycles. The number of aryl methyl sites for hydroxylation is 1. The average Bonchev–Trinajstić information content (AvgIpc) is 3.14. The molecule has 0 radical (unpaired) electrons. The summed E-state index contributed by atoms with van der Waals surface area (Å²) in [4.78, 5) is 32.3. The maximum absolute atomic E-state index is 12.4.